The van der Waals surface area contributed by atoms with Gasteiger partial charge in [-0.3, -0.25) is 0 Å². The fourth-order valence-electron chi connectivity index (χ4n) is 2.59. The van der Waals surface area contributed by atoms with E-state index in [2.05, 4.69) is 0 Å². The summed E-state index contributed by atoms with van der Waals surface area (Å²) in [6, 6.07) is 8.95. The van der Waals surface area contributed by atoms with Crippen LogP contribution in [0.4, 0.5) is 4.39 Å². The number of nitrogens with zero attached hydrogens (tertiary/aromatic N) is 1. The van der Waals surface area contributed by atoms with Gasteiger partial charge in [-0.25, -0.2) is 12.8 Å². The van der Waals surface area contributed by atoms with Gasteiger partial charge < -0.3 is 9.47 Å². The van der Waals surface area contributed by atoms with Crippen molar-refractivity contribution in [3.63, 3.8) is 0 Å². The Morgan fingerprint density at radius 3 is 2.28 bits per heavy atom. The van der Waals surface area contributed by atoms with Crippen molar-refractivity contribution in [1.29, 1.82) is 0 Å². The molecule has 0 amide bonds. The van der Waals surface area contributed by atoms with E-state index < -0.39 is 15.8 Å². The first-order chi connectivity index (χ1) is 11.8. The largest absolute Gasteiger partial charge is 0.493 e. The van der Waals surface area contributed by atoms with E-state index in [4.69, 9.17) is 9.47 Å². The zero-order valence-electron chi connectivity index (χ0n) is 14.7. The van der Waals surface area contributed by atoms with Crippen LogP contribution in [0.15, 0.2) is 41.3 Å². The zero-order valence-corrected chi connectivity index (χ0v) is 15.6. The van der Waals surface area contributed by atoms with Gasteiger partial charge in [0.2, 0.25) is 10.0 Å². The lowest BCUT2D eigenvalue weighted by molar-refractivity contribution is 0.353. The van der Waals surface area contributed by atoms with Crippen molar-refractivity contribution < 1.29 is 22.3 Å². The lowest BCUT2D eigenvalue weighted by atomic mass is 10.2. The summed E-state index contributed by atoms with van der Waals surface area (Å²) in [5.41, 5.74) is 1.15. The van der Waals surface area contributed by atoms with Gasteiger partial charge >= 0.3 is 0 Å². The second kappa shape index (κ2) is 7.84. The van der Waals surface area contributed by atoms with Crippen molar-refractivity contribution in [3.8, 4) is 11.5 Å². The first kappa shape index (κ1) is 19.2. The molecule has 0 radical (unpaired) electrons. The van der Waals surface area contributed by atoms with Crippen molar-refractivity contribution in [2.45, 2.75) is 25.3 Å². The highest BCUT2D eigenvalue weighted by atomic mass is 32.2. The third-order valence-corrected chi connectivity index (χ3v) is 6.00. The van der Waals surface area contributed by atoms with E-state index in [0.717, 1.165) is 11.6 Å². The standard InChI is InChI=1S/C18H22FNO4S/c1-5-20(12-14-6-8-16(23-3)17(11-14)24-4)25(21,22)18-9-7-15(19)10-13(18)2/h6-11H,5,12H2,1-4H3. The topological polar surface area (TPSA) is 55.8 Å². The Morgan fingerprint density at radius 2 is 1.72 bits per heavy atom. The van der Waals surface area contributed by atoms with Gasteiger partial charge in [0.25, 0.3) is 0 Å². The first-order valence-corrected chi connectivity index (χ1v) is 9.24. The van der Waals surface area contributed by atoms with Gasteiger partial charge in [-0.15, -0.1) is 0 Å². The molecular formula is C18H22FNO4S. The molecule has 0 atom stereocenters. The van der Waals surface area contributed by atoms with Crippen LogP contribution in [0.25, 0.3) is 0 Å². The van der Waals surface area contributed by atoms with Crippen molar-refractivity contribution in [2.24, 2.45) is 0 Å². The lowest BCUT2D eigenvalue weighted by Crippen LogP contribution is -2.31. The molecule has 0 saturated heterocycles. The molecular weight excluding hydrogens is 345 g/mol. The summed E-state index contributed by atoms with van der Waals surface area (Å²) < 4.78 is 50.9. The normalized spacial score (nSPS) is 11.6. The minimum atomic E-state index is -3.74. The Kier molecular flexibility index (Phi) is 6.02. The average molecular weight is 367 g/mol. The molecule has 0 aliphatic heterocycles. The van der Waals surface area contributed by atoms with E-state index in [1.165, 1.54) is 30.7 Å². The molecule has 0 aromatic heterocycles. The molecule has 0 unspecified atom stereocenters. The van der Waals surface area contributed by atoms with Crippen molar-refractivity contribution >= 4 is 10.0 Å². The smallest absolute Gasteiger partial charge is 0.243 e. The number of halogens is 1. The van der Waals surface area contributed by atoms with E-state index in [1.807, 2.05) is 0 Å². The summed E-state index contributed by atoms with van der Waals surface area (Å²) in [5, 5.41) is 0. The predicted molar refractivity (Wildman–Crippen MR) is 94.0 cm³/mol. The van der Waals surface area contributed by atoms with Gasteiger partial charge in [-0.05, 0) is 48.4 Å². The van der Waals surface area contributed by atoms with E-state index >= 15 is 0 Å². The number of aryl methyl sites for hydroxylation is 1. The summed E-state index contributed by atoms with van der Waals surface area (Å²) in [6.45, 7) is 3.81. The summed E-state index contributed by atoms with van der Waals surface area (Å²) in [5.74, 6) is 0.650. The second-order valence-corrected chi connectivity index (χ2v) is 7.44. The number of hydrogen-bond acceptors (Lipinski definition) is 4. The molecule has 136 valence electrons. The number of methoxy groups -OCH3 is 2. The SMILES string of the molecule is CCN(Cc1ccc(OC)c(OC)c1)S(=O)(=O)c1ccc(F)cc1C. The van der Waals surface area contributed by atoms with Gasteiger partial charge in [-0.2, -0.15) is 4.31 Å². The Bertz CT molecular complexity index is 852. The Morgan fingerprint density at radius 1 is 1.04 bits per heavy atom. The van der Waals surface area contributed by atoms with Crippen LogP contribution >= 0.6 is 0 Å². The molecule has 0 bridgehead atoms. The van der Waals surface area contributed by atoms with Crippen molar-refractivity contribution in [2.75, 3.05) is 20.8 Å². The fourth-order valence-corrected chi connectivity index (χ4v) is 4.23. The third kappa shape index (κ3) is 4.11. The highest BCUT2D eigenvalue weighted by Gasteiger charge is 2.25. The van der Waals surface area contributed by atoms with Gasteiger partial charge in [0, 0.05) is 13.1 Å². The van der Waals surface area contributed by atoms with E-state index in [0.29, 0.717) is 17.1 Å². The van der Waals surface area contributed by atoms with Crippen LogP contribution in [0.2, 0.25) is 0 Å². The molecule has 2 rings (SSSR count). The quantitative estimate of drug-likeness (QED) is 0.753. The van der Waals surface area contributed by atoms with Crippen LogP contribution in [0, 0.1) is 12.7 Å². The molecule has 0 N–H and O–H groups in total. The maximum Gasteiger partial charge on any atom is 0.243 e. The number of benzene rings is 2. The van der Waals surface area contributed by atoms with E-state index in [-0.39, 0.29) is 18.0 Å². The molecule has 0 spiro atoms. The summed E-state index contributed by atoms with van der Waals surface area (Å²) in [6.07, 6.45) is 0. The number of sulfonamides is 1. The van der Waals surface area contributed by atoms with Crippen molar-refractivity contribution in [3.05, 3.63) is 53.3 Å². The number of ether oxygens (including phenoxy) is 2. The molecule has 2 aromatic carbocycles. The number of rotatable bonds is 7. The molecule has 2 aromatic rings. The van der Waals surface area contributed by atoms with Crippen LogP contribution in [0.5, 0.6) is 11.5 Å². The lowest BCUT2D eigenvalue weighted by Gasteiger charge is -2.22. The minimum absolute atomic E-state index is 0.108. The van der Waals surface area contributed by atoms with Crippen LogP contribution in [-0.4, -0.2) is 33.5 Å². The molecule has 0 fully saturated rings. The molecule has 0 aliphatic rings. The summed E-state index contributed by atoms with van der Waals surface area (Å²) >= 11 is 0. The van der Waals surface area contributed by atoms with Gasteiger partial charge in [0.05, 0.1) is 19.1 Å². The van der Waals surface area contributed by atoms with Gasteiger partial charge in [-0.1, -0.05) is 13.0 Å². The van der Waals surface area contributed by atoms with Gasteiger partial charge in [0.1, 0.15) is 5.82 Å². The van der Waals surface area contributed by atoms with Crippen LogP contribution in [0.3, 0.4) is 0 Å². The third-order valence-electron chi connectivity index (χ3n) is 3.91. The Hall–Kier alpha value is -2.12. The van der Waals surface area contributed by atoms with Crippen LogP contribution in [-0.2, 0) is 16.6 Å². The van der Waals surface area contributed by atoms with Crippen LogP contribution in [0.1, 0.15) is 18.1 Å². The second-order valence-electron chi connectivity index (χ2n) is 5.53. The minimum Gasteiger partial charge on any atom is -0.493 e. The molecule has 0 saturated carbocycles. The summed E-state index contributed by atoms with van der Waals surface area (Å²) in [7, 11) is -0.672. The highest BCUT2D eigenvalue weighted by molar-refractivity contribution is 7.89. The maximum atomic E-state index is 13.3. The Labute approximate surface area is 148 Å². The monoisotopic (exact) mass is 367 g/mol. The summed E-state index contributed by atoms with van der Waals surface area (Å²) in [4.78, 5) is 0.108. The highest BCUT2D eigenvalue weighted by Crippen LogP contribution is 2.29. The molecule has 25 heavy (non-hydrogen) atoms. The van der Waals surface area contributed by atoms with Crippen LogP contribution < -0.4 is 9.47 Å². The van der Waals surface area contributed by atoms with Crippen molar-refractivity contribution in [1.82, 2.24) is 4.31 Å². The Balaban J connectivity index is 2.36. The average Bonchev–Trinajstić information content (AvgIpc) is 2.58. The number of hydrogen-bond donors (Lipinski definition) is 0. The van der Waals surface area contributed by atoms with E-state index in [1.54, 1.807) is 32.0 Å². The van der Waals surface area contributed by atoms with E-state index in [9.17, 15) is 12.8 Å². The fraction of sp³-hybridized carbons (Fsp3) is 0.333. The first-order valence-electron chi connectivity index (χ1n) is 7.80. The van der Waals surface area contributed by atoms with Gasteiger partial charge in [0.15, 0.2) is 11.5 Å². The maximum absolute atomic E-state index is 13.3. The molecule has 0 aliphatic carbocycles. The zero-order chi connectivity index (χ0) is 18.6. The molecule has 7 heteroatoms. The predicted octanol–water partition coefficient (Wildman–Crippen LogP) is 3.36. The molecule has 5 nitrogen and oxygen atoms in total. The molecule has 0 heterocycles.